The molecule has 1 aliphatic rings. The number of allylic oxidation sites excluding steroid dienone is 1. The van der Waals surface area contributed by atoms with Crippen LogP contribution in [0.4, 0.5) is 0 Å². The Hall–Kier alpha value is -0.283. The van der Waals surface area contributed by atoms with Gasteiger partial charge < -0.3 is 9.16 Å². The standard InChI is InChI=1S/C12H24O2Si/c1-12(2,3)15(4,5)14-10-11-8-6-7-9-13-11/h7,9,11H,6,8,10H2,1-5H3. The maximum Gasteiger partial charge on any atom is 0.192 e. The van der Waals surface area contributed by atoms with Crippen LogP contribution in [-0.2, 0) is 9.16 Å². The van der Waals surface area contributed by atoms with Crippen molar-refractivity contribution in [1.29, 1.82) is 0 Å². The third-order valence-electron chi connectivity index (χ3n) is 3.46. The van der Waals surface area contributed by atoms with Crippen LogP contribution >= 0.6 is 0 Å². The number of ether oxygens (including phenoxy) is 1. The van der Waals surface area contributed by atoms with Gasteiger partial charge in [0.15, 0.2) is 8.32 Å². The highest BCUT2D eigenvalue weighted by Crippen LogP contribution is 2.36. The summed E-state index contributed by atoms with van der Waals surface area (Å²) < 4.78 is 11.6. The molecule has 0 aromatic rings. The highest BCUT2D eigenvalue weighted by Gasteiger charge is 2.37. The van der Waals surface area contributed by atoms with Crippen molar-refractivity contribution in [3.05, 3.63) is 12.3 Å². The van der Waals surface area contributed by atoms with Gasteiger partial charge in [-0.3, -0.25) is 0 Å². The maximum absolute atomic E-state index is 6.11. The van der Waals surface area contributed by atoms with E-state index in [0.29, 0.717) is 0 Å². The third kappa shape index (κ3) is 3.65. The Morgan fingerprint density at radius 1 is 1.40 bits per heavy atom. The molecule has 1 unspecified atom stereocenters. The predicted octanol–water partition coefficient (Wildman–Crippen LogP) is 3.70. The molecule has 2 nitrogen and oxygen atoms in total. The summed E-state index contributed by atoms with van der Waals surface area (Å²) in [4.78, 5) is 0. The van der Waals surface area contributed by atoms with E-state index in [1.807, 2.05) is 6.26 Å². The molecular formula is C12H24O2Si. The van der Waals surface area contributed by atoms with Crippen molar-refractivity contribution in [2.24, 2.45) is 0 Å². The highest BCUT2D eigenvalue weighted by molar-refractivity contribution is 6.74. The van der Waals surface area contributed by atoms with Crippen molar-refractivity contribution >= 4 is 8.32 Å². The lowest BCUT2D eigenvalue weighted by molar-refractivity contribution is 0.0676. The van der Waals surface area contributed by atoms with Gasteiger partial charge in [0.25, 0.3) is 0 Å². The molecule has 0 saturated carbocycles. The number of hydrogen-bond acceptors (Lipinski definition) is 2. The predicted molar refractivity (Wildman–Crippen MR) is 66.4 cm³/mol. The maximum atomic E-state index is 6.11. The molecular weight excluding hydrogens is 204 g/mol. The molecule has 0 amide bonds. The van der Waals surface area contributed by atoms with Gasteiger partial charge in [0.05, 0.1) is 12.9 Å². The smallest absolute Gasteiger partial charge is 0.192 e. The Bertz CT molecular complexity index is 228. The largest absolute Gasteiger partial charge is 0.496 e. The first-order valence-electron chi connectivity index (χ1n) is 5.77. The normalized spacial score (nSPS) is 22.6. The van der Waals surface area contributed by atoms with Crippen LogP contribution in [0.5, 0.6) is 0 Å². The fourth-order valence-corrected chi connectivity index (χ4v) is 2.26. The minimum atomic E-state index is -1.59. The highest BCUT2D eigenvalue weighted by atomic mass is 28.4. The van der Waals surface area contributed by atoms with E-state index < -0.39 is 8.32 Å². The molecule has 0 aliphatic carbocycles. The van der Waals surface area contributed by atoms with E-state index in [0.717, 1.165) is 19.4 Å². The van der Waals surface area contributed by atoms with Crippen LogP contribution in [0.25, 0.3) is 0 Å². The Morgan fingerprint density at radius 2 is 2.07 bits per heavy atom. The van der Waals surface area contributed by atoms with Gasteiger partial charge in [-0.25, -0.2) is 0 Å². The van der Waals surface area contributed by atoms with Crippen LogP contribution in [0.1, 0.15) is 33.6 Å². The number of hydrogen-bond donors (Lipinski definition) is 0. The van der Waals surface area contributed by atoms with Gasteiger partial charge in [0, 0.05) is 0 Å². The van der Waals surface area contributed by atoms with E-state index in [2.05, 4.69) is 39.9 Å². The van der Waals surface area contributed by atoms with Gasteiger partial charge in [-0.15, -0.1) is 0 Å². The SMILES string of the molecule is CC(C)(C)[Si](C)(C)OCC1CCC=CO1. The van der Waals surface area contributed by atoms with Crippen LogP contribution in [0, 0.1) is 0 Å². The summed E-state index contributed by atoms with van der Waals surface area (Å²) in [7, 11) is -1.59. The zero-order valence-electron chi connectivity index (χ0n) is 10.7. The Morgan fingerprint density at radius 3 is 2.53 bits per heavy atom. The zero-order valence-corrected chi connectivity index (χ0v) is 11.7. The summed E-state index contributed by atoms with van der Waals surface area (Å²) >= 11 is 0. The molecule has 0 radical (unpaired) electrons. The molecule has 1 rings (SSSR count). The Labute approximate surface area is 94.8 Å². The minimum Gasteiger partial charge on any atom is -0.496 e. The van der Waals surface area contributed by atoms with Crippen molar-refractivity contribution in [1.82, 2.24) is 0 Å². The molecule has 1 aliphatic heterocycles. The summed E-state index contributed by atoms with van der Waals surface area (Å²) in [6, 6.07) is 0. The fraction of sp³-hybridized carbons (Fsp3) is 0.833. The van der Waals surface area contributed by atoms with Crippen LogP contribution in [0.2, 0.25) is 18.1 Å². The molecule has 0 bridgehead atoms. The lowest BCUT2D eigenvalue weighted by Gasteiger charge is -2.37. The second-order valence-electron chi connectivity index (χ2n) is 5.78. The molecule has 0 aromatic heterocycles. The first-order chi connectivity index (χ1) is 6.83. The molecule has 0 fully saturated rings. The average molecular weight is 228 g/mol. The minimum absolute atomic E-state index is 0.268. The monoisotopic (exact) mass is 228 g/mol. The van der Waals surface area contributed by atoms with Crippen LogP contribution in [0.3, 0.4) is 0 Å². The first kappa shape index (κ1) is 12.8. The van der Waals surface area contributed by atoms with Gasteiger partial charge in [0.2, 0.25) is 0 Å². The molecule has 0 N–H and O–H groups in total. The molecule has 3 heteroatoms. The van der Waals surface area contributed by atoms with E-state index in [9.17, 15) is 0 Å². The fourth-order valence-electron chi connectivity index (χ4n) is 1.23. The molecule has 0 spiro atoms. The van der Waals surface area contributed by atoms with E-state index in [-0.39, 0.29) is 11.1 Å². The van der Waals surface area contributed by atoms with Crippen molar-refractivity contribution in [3.63, 3.8) is 0 Å². The Balaban J connectivity index is 2.39. The molecule has 0 saturated heterocycles. The summed E-state index contributed by atoms with van der Waals surface area (Å²) in [5.74, 6) is 0. The van der Waals surface area contributed by atoms with Crippen molar-refractivity contribution < 1.29 is 9.16 Å². The second kappa shape index (κ2) is 4.70. The number of rotatable bonds is 3. The summed E-state index contributed by atoms with van der Waals surface area (Å²) in [6.07, 6.45) is 6.35. The first-order valence-corrected chi connectivity index (χ1v) is 8.68. The van der Waals surface area contributed by atoms with Crippen molar-refractivity contribution in [2.75, 3.05) is 6.61 Å². The topological polar surface area (TPSA) is 18.5 Å². The van der Waals surface area contributed by atoms with Gasteiger partial charge in [-0.2, -0.15) is 0 Å². The van der Waals surface area contributed by atoms with E-state index in [1.54, 1.807) is 0 Å². The molecule has 0 aromatic carbocycles. The second-order valence-corrected chi connectivity index (χ2v) is 10.6. The summed E-state index contributed by atoms with van der Waals surface area (Å²) in [5.41, 5.74) is 0. The lowest BCUT2D eigenvalue weighted by Crippen LogP contribution is -2.43. The van der Waals surface area contributed by atoms with E-state index in [1.165, 1.54) is 0 Å². The molecule has 15 heavy (non-hydrogen) atoms. The van der Waals surface area contributed by atoms with Gasteiger partial charge in [-0.05, 0) is 37.0 Å². The average Bonchev–Trinajstić information content (AvgIpc) is 2.15. The zero-order chi connectivity index (χ0) is 11.5. The molecule has 88 valence electrons. The van der Waals surface area contributed by atoms with E-state index in [4.69, 9.17) is 9.16 Å². The molecule has 1 heterocycles. The van der Waals surface area contributed by atoms with Gasteiger partial charge in [-0.1, -0.05) is 20.8 Å². The summed E-state index contributed by atoms with van der Waals surface area (Å²) in [6.45, 7) is 12.1. The lowest BCUT2D eigenvalue weighted by atomic mass is 10.2. The Kier molecular flexibility index (Phi) is 4.01. The van der Waals surface area contributed by atoms with Crippen molar-refractivity contribution in [2.45, 2.75) is 57.8 Å². The van der Waals surface area contributed by atoms with Crippen molar-refractivity contribution in [3.8, 4) is 0 Å². The van der Waals surface area contributed by atoms with Gasteiger partial charge >= 0.3 is 0 Å². The summed E-state index contributed by atoms with van der Waals surface area (Å²) in [5, 5.41) is 0.289. The quantitative estimate of drug-likeness (QED) is 0.686. The van der Waals surface area contributed by atoms with Crippen LogP contribution in [0.15, 0.2) is 12.3 Å². The third-order valence-corrected chi connectivity index (χ3v) is 7.96. The van der Waals surface area contributed by atoms with Gasteiger partial charge in [0.1, 0.15) is 6.10 Å². The van der Waals surface area contributed by atoms with Crippen LogP contribution < -0.4 is 0 Å². The van der Waals surface area contributed by atoms with E-state index >= 15 is 0 Å². The molecule has 1 atom stereocenters. The van der Waals surface area contributed by atoms with Crippen LogP contribution in [-0.4, -0.2) is 21.0 Å².